The van der Waals surface area contributed by atoms with Gasteiger partial charge in [-0.15, -0.1) is 0 Å². The Hall–Kier alpha value is 1.92. The molecule has 4 heavy (non-hydrogen) atoms. The van der Waals surface area contributed by atoms with Gasteiger partial charge in [-0.2, -0.15) is 0 Å². The maximum absolute atomic E-state index is 0. The maximum Gasteiger partial charge on any atom is 0 e. The second-order valence-electron chi connectivity index (χ2n) is 0. The molecule has 0 fully saturated rings. The van der Waals surface area contributed by atoms with Gasteiger partial charge in [-0.25, -0.2) is 0 Å². The Labute approximate surface area is 65.2 Å². The molecule has 0 amide bonds. The van der Waals surface area contributed by atoms with Gasteiger partial charge in [-0.05, 0) is 11.0 Å². The van der Waals surface area contributed by atoms with Crippen molar-refractivity contribution in [2.75, 3.05) is 0 Å². The van der Waals surface area contributed by atoms with Crippen molar-refractivity contribution in [1.82, 2.24) is 0 Å². The third-order valence-corrected chi connectivity index (χ3v) is 0. The molecule has 32 valence electrons. The fraction of sp³-hybridized carbons (Fsp3) is 0. The monoisotopic (exact) mass is 244 g/mol. The van der Waals surface area contributed by atoms with Gasteiger partial charge in [0.2, 0.25) is 0 Å². The minimum Gasteiger partial charge on any atom is -0.0149 e. The summed E-state index contributed by atoms with van der Waals surface area (Å²) in [5.74, 6) is 0. The molecule has 0 rings (SSSR count). The van der Waals surface area contributed by atoms with Crippen molar-refractivity contribution in [2.24, 2.45) is 0 Å². The molecule has 4 heteroatoms. The second-order valence-corrected chi connectivity index (χ2v) is 0. The summed E-state index contributed by atoms with van der Waals surface area (Å²) in [5, 5.41) is 0. The summed E-state index contributed by atoms with van der Waals surface area (Å²) in [6.45, 7) is 0. The third kappa shape index (κ3) is 9.07. The van der Waals surface area contributed by atoms with Crippen molar-refractivity contribution in [3.63, 3.8) is 0 Å². The van der Waals surface area contributed by atoms with Gasteiger partial charge < -0.3 is 0 Å². The summed E-state index contributed by atoms with van der Waals surface area (Å²) in [5.41, 5.74) is 0. The van der Waals surface area contributed by atoms with Gasteiger partial charge in [0.05, 0.1) is 0 Å². The molecule has 0 atom stereocenters. The first-order valence-electron chi connectivity index (χ1n) is 0. The quantitative estimate of drug-likeness (QED) is 0.456. The van der Waals surface area contributed by atoms with E-state index >= 15 is 0 Å². The molecule has 0 aliphatic rings. The van der Waals surface area contributed by atoms with Gasteiger partial charge in [-0.3, -0.25) is 0 Å². The molecule has 0 saturated heterocycles. The van der Waals surface area contributed by atoms with Crippen molar-refractivity contribution in [2.45, 2.75) is 0 Å². The van der Waals surface area contributed by atoms with Gasteiger partial charge in [0.1, 0.15) is 0 Å². The van der Waals surface area contributed by atoms with Crippen LogP contribution in [0.25, 0.3) is 0 Å². The van der Waals surface area contributed by atoms with Crippen LogP contribution in [0.5, 0.6) is 0 Å². The van der Waals surface area contributed by atoms with E-state index < -0.39 is 0 Å². The van der Waals surface area contributed by atoms with Gasteiger partial charge in [-0.1, -0.05) is 0 Å². The summed E-state index contributed by atoms with van der Waals surface area (Å²) < 4.78 is 0. The molecule has 0 aliphatic heterocycles. The Morgan fingerprint density at radius 1 is 1.00 bits per heavy atom. The van der Waals surface area contributed by atoms with E-state index in [2.05, 4.69) is 0 Å². The van der Waals surface area contributed by atoms with Crippen LogP contribution in [0.3, 0.4) is 0 Å². The van der Waals surface area contributed by atoms with Crippen LogP contribution >= 0.6 is 0 Å². The van der Waals surface area contributed by atoms with Crippen molar-refractivity contribution < 1.29 is 54.6 Å². The molecular formula is H4FeMoNiSi. The Morgan fingerprint density at radius 2 is 1.00 bits per heavy atom. The first-order chi connectivity index (χ1) is 0. The van der Waals surface area contributed by atoms with Gasteiger partial charge in [0.25, 0.3) is 0 Å². The topological polar surface area (TPSA) is 0 Å². The number of hydrogen-bond acceptors (Lipinski definition) is 0. The fourth-order valence-electron chi connectivity index (χ4n) is 0. The van der Waals surface area contributed by atoms with E-state index in [0.29, 0.717) is 0 Å². The molecule has 0 bridgehead atoms. The van der Waals surface area contributed by atoms with Crippen molar-refractivity contribution in [3.8, 4) is 0 Å². The normalized spacial score (nSPS) is 0. The van der Waals surface area contributed by atoms with Crippen LogP contribution in [0.2, 0.25) is 0 Å². The van der Waals surface area contributed by atoms with Gasteiger partial charge in [0.15, 0.2) is 0 Å². The molecule has 0 aliphatic carbocycles. The van der Waals surface area contributed by atoms with E-state index in [9.17, 15) is 0 Å². The summed E-state index contributed by atoms with van der Waals surface area (Å²) in [4.78, 5) is 0. The van der Waals surface area contributed by atoms with Gasteiger partial charge >= 0.3 is 0 Å². The zero-order valence-electron chi connectivity index (χ0n) is 1.08. The predicted octanol–water partition coefficient (Wildman–Crippen LogP) is -1.46. The smallest absolute Gasteiger partial charge is 0 e. The Balaban J connectivity index is 0. The summed E-state index contributed by atoms with van der Waals surface area (Å²) >= 11 is 0. The van der Waals surface area contributed by atoms with Crippen LogP contribution < -0.4 is 0 Å². The zero-order valence-corrected chi connectivity index (χ0v) is 5.18. The third-order valence-electron chi connectivity index (χ3n) is 0. The average molecular weight is 243 g/mol. The van der Waals surface area contributed by atoms with E-state index in [4.69, 9.17) is 0 Å². The van der Waals surface area contributed by atoms with Crippen LogP contribution in [-0.2, 0) is 54.6 Å². The first-order valence-corrected chi connectivity index (χ1v) is 0. The molecule has 0 saturated carbocycles. The molecule has 0 N–H and O–H groups in total. The minimum absolute atomic E-state index is 0. The van der Waals surface area contributed by atoms with Crippen LogP contribution in [0.1, 0.15) is 0 Å². The molecule has 0 radical (unpaired) electrons. The van der Waals surface area contributed by atoms with E-state index in [-0.39, 0.29) is 65.6 Å². The van der Waals surface area contributed by atoms with Crippen molar-refractivity contribution in [3.05, 3.63) is 0 Å². The Morgan fingerprint density at radius 3 is 1.00 bits per heavy atom. The number of hydrogen-bond donors (Lipinski definition) is 0. The molecule has 0 spiro atoms. The molecule has 0 heterocycles. The largest absolute Gasteiger partial charge is 0.0149 e. The van der Waals surface area contributed by atoms with E-state index in [1.54, 1.807) is 0 Å². The standard InChI is InChI=1S/Fe.Mo.Ni.H4Si/h;;;1H4. The SMILES string of the molecule is [Fe].[Mo].[Ni].[SiH4]. The average Bonchev–Trinajstić information content (AvgIpc) is 0. The summed E-state index contributed by atoms with van der Waals surface area (Å²) in [7, 11) is 0. The second kappa shape index (κ2) is 20.5. The molecule has 0 nitrogen and oxygen atoms in total. The molecule has 0 aromatic rings. The van der Waals surface area contributed by atoms with E-state index in [0.717, 1.165) is 0 Å². The van der Waals surface area contributed by atoms with Crippen molar-refractivity contribution >= 4 is 11.0 Å². The molecule has 0 aromatic carbocycles. The van der Waals surface area contributed by atoms with Crippen LogP contribution in [0.15, 0.2) is 0 Å². The van der Waals surface area contributed by atoms with Gasteiger partial charge in [0, 0.05) is 54.6 Å². The molecular weight excluding hydrogens is 239 g/mol. The Bertz CT molecular complexity index is 8.00. The van der Waals surface area contributed by atoms with E-state index in [1.165, 1.54) is 0 Å². The Kier molecular flexibility index (Phi) is 200. The summed E-state index contributed by atoms with van der Waals surface area (Å²) in [6.07, 6.45) is 0. The van der Waals surface area contributed by atoms with Crippen LogP contribution in [0, 0.1) is 0 Å². The van der Waals surface area contributed by atoms with E-state index in [1.807, 2.05) is 0 Å². The fourth-order valence-corrected chi connectivity index (χ4v) is 0. The van der Waals surface area contributed by atoms with Crippen LogP contribution in [-0.4, -0.2) is 11.0 Å². The predicted molar refractivity (Wildman–Crippen MR) is 11.3 cm³/mol. The van der Waals surface area contributed by atoms with Crippen LogP contribution in [0.4, 0.5) is 0 Å². The van der Waals surface area contributed by atoms with Crippen molar-refractivity contribution in [1.29, 1.82) is 0 Å². The summed E-state index contributed by atoms with van der Waals surface area (Å²) in [6, 6.07) is 0. The minimum atomic E-state index is 0. The molecule has 0 unspecified atom stereocenters. The number of rotatable bonds is 0. The first kappa shape index (κ1) is 38.9. The zero-order chi connectivity index (χ0) is 0. The molecule has 0 aromatic heterocycles. The maximum atomic E-state index is 0.